The molecule has 0 fully saturated rings. The predicted molar refractivity (Wildman–Crippen MR) is 134 cm³/mol. The maximum Gasteiger partial charge on any atom is 0.255 e. The molecule has 0 atom stereocenters. The van der Waals surface area contributed by atoms with Crippen LogP contribution in [0.5, 0.6) is 0 Å². The van der Waals surface area contributed by atoms with Crippen molar-refractivity contribution in [3.05, 3.63) is 131 Å². The maximum absolute atomic E-state index is 12.7. The lowest BCUT2D eigenvalue weighted by Gasteiger charge is -2.07. The fourth-order valence-corrected chi connectivity index (χ4v) is 3.32. The zero-order valence-electron chi connectivity index (χ0n) is 17.8. The third kappa shape index (κ3) is 5.80. The molecule has 4 rings (SSSR count). The number of hydrogen-bond donors (Lipinski definition) is 2. The van der Waals surface area contributed by atoms with E-state index in [4.69, 9.17) is 0 Å². The summed E-state index contributed by atoms with van der Waals surface area (Å²) >= 11 is 0. The molecule has 2 N–H and O–H groups in total. The summed E-state index contributed by atoms with van der Waals surface area (Å²) in [5.41, 5.74) is 3.76. The minimum absolute atomic E-state index is 0. The monoisotopic (exact) mass is 438 g/mol. The van der Waals surface area contributed by atoms with E-state index >= 15 is 0 Å². The molecule has 0 aliphatic carbocycles. The van der Waals surface area contributed by atoms with Gasteiger partial charge in [-0.2, -0.15) is 0 Å². The molecule has 0 saturated carbocycles. The molecule has 4 aromatic rings. The van der Waals surface area contributed by atoms with Gasteiger partial charge in [0.1, 0.15) is 0 Å². The third-order valence-electron chi connectivity index (χ3n) is 5.11. The van der Waals surface area contributed by atoms with Gasteiger partial charge in [-0.25, -0.2) is 0 Å². The number of carbonyl (C=O) groups excluding carboxylic acids is 3. The van der Waals surface area contributed by atoms with Gasteiger partial charge in [-0.1, -0.05) is 60.7 Å². The van der Waals surface area contributed by atoms with Gasteiger partial charge in [-0.05, 0) is 54.1 Å². The molecule has 0 heterocycles. The molecule has 0 radical (unpaired) electrons. The average Bonchev–Trinajstić information content (AvgIpc) is 2.86. The summed E-state index contributed by atoms with van der Waals surface area (Å²) in [5, 5.41) is 5.66. The normalized spacial score (nSPS) is 10.3. The number of hydrogen-bond acceptors (Lipinski definition) is 3. The number of benzene rings is 4. The Morgan fingerprint density at radius 3 is 1.36 bits per heavy atom. The van der Waals surface area contributed by atoms with E-state index in [1.165, 1.54) is 0 Å². The van der Waals surface area contributed by atoms with Crippen molar-refractivity contribution in [3.8, 4) is 0 Å². The number of amides is 2. The van der Waals surface area contributed by atoms with Crippen LogP contribution in [0.2, 0.25) is 0 Å². The number of rotatable bonds is 7. The van der Waals surface area contributed by atoms with E-state index in [1.807, 2.05) is 60.7 Å². The van der Waals surface area contributed by atoms with Crippen LogP contribution < -0.4 is 10.6 Å². The SMILES string of the molecule is O=C(Cc1ccc(C(=O)Nc2ccccc2)cc1)c1ccc(C(=O)Nc2ccccc2)cc1.[HH].[HH]. The lowest BCUT2D eigenvalue weighted by atomic mass is 10.0. The molecule has 4 aromatic carbocycles. The minimum atomic E-state index is -0.232. The van der Waals surface area contributed by atoms with Crippen LogP contribution in [-0.2, 0) is 6.42 Å². The third-order valence-corrected chi connectivity index (χ3v) is 5.11. The Hall–Kier alpha value is -4.51. The number of anilines is 2. The summed E-state index contributed by atoms with van der Waals surface area (Å²) in [5.74, 6) is -0.500. The van der Waals surface area contributed by atoms with Crippen LogP contribution in [0.3, 0.4) is 0 Å². The van der Waals surface area contributed by atoms with Gasteiger partial charge in [-0.15, -0.1) is 0 Å². The van der Waals surface area contributed by atoms with E-state index in [0.29, 0.717) is 22.4 Å². The van der Waals surface area contributed by atoms with Gasteiger partial charge in [0.05, 0.1) is 0 Å². The Bertz CT molecular complexity index is 1260. The molecule has 166 valence electrons. The van der Waals surface area contributed by atoms with Crippen LogP contribution in [0, 0.1) is 0 Å². The molecule has 0 spiro atoms. The maximum atomic E-state index is 12.7. The molecule has 0 saturated heterocycles. The summed E-state index contributed by atoms with van der Waals surface area (Å²) in [4.78, 5) is 37.4. The Kier molecular flexibility index (Phi) is 6.71. The van der Waals surface area contributed by atoms with Crippen LogP contribution >= 0.6 is 0 Å². The van der Waals surface area contributed by atoms with Gasteiger partial charge in [0.25, 0.3) is 11.8 Å². The average molecular weight is 439 g/mol. The van der Waals surface area contributed by atoms with E-state index in [-0.39, 0.29) is 26.9 Å². The first-order valence-electron chi connectivity index (χ1n) is 10.5. The highest BCUT2D eigenvalue weighted by atomic mass is 16.2. The summed E-state index contributed by atoms with van der Waals surface area (Å²) in [7, 11) is 0. The first-order valence-corrected chi connectivity index (χ1v) is 10.5. The van der Waals surface area contributed by atoms with Gasteiger partial charge < -0.3 is 10.6 Å². The molecule has 0 unspecified atom stereocenters. The molecular weight excluding hydrogens is 412 g/mol. The van der Waals surface area contributed by atoms with E-state index in [0.717, 1.165) is 11.3 Å². The molecule has 33 heavy (non-hydrogen) atoms. The Labute approximate surface area is 195 Å². The van der Waals surface area contributed by atoms with Crippen molar-refractivity contribution in [3.63, 3.8) is 0 Å². The second kappa shape index (κ2) is 10.2. The van der Waals surface area contributed by atoms with Crippen molar-refractivity contribution in [2.75, 3.05) is 10.6 Å². The zero-order chi connectivity index (χ0) is 23.0. The van der Waals surface area contributed by atoms with Crippen molar-refractivity contribution in [1.82, 2.24) is 0 Å². The van der Waals surface area contributed by atoms with Gasteiger partial charge >= 0.3 is 0 Å². The number of carbonyl (C=O) groups is 3. The summed E-state index contributed by atoms with van der Waals surface area (Å²) in [6.07, 6.45) is 0.205. The van der Waals surface area contributed by atoms with E-state index in [1.54, 1.807) is 48.5 Å². The van der Waals surface area contributed by atoms with E-state index in [9.17, 15) is 14.4 Å². The second-order valence-electron chi connectivity index (χ2n) is 7.51. The van der Waals surface area contributed by atoms with Crippen LogP contribution in [0.1, 0.15) is 39.5 Å². The van der Waals surface area contributed by atoms with E-state index in [2.05, 4.69) is 10.6 Å². The number of ketones is 1. The highest BCUT2D eigenvalue weighted by molar-refractivity contribution is 6.06. The van der Waals surface area contributed by atoms with Crippen LogP contribution in [0.15, 0.2) is 109 Å². The molecule has 0 aromatic heterocycles. The molecule has 5 nitrogen and oxygen atoms in total. The van der Waals surface area contributed by atoms with Crippen LogP contribution in [-0.4, -0.2) is 17.6 Å². The lowest BCUT2D eigenvalue weighted by molar-refractivity contribution is 0.0988. The summed E-state index contributed by atoms with van der Waals surface area (Å²) in [6, 6.07) is 32.0. The zero-order valence-corrected chi connectivity index (χ0v) is 17.8. The highest BCUT2D eigenvalue weighted by Gasteiger charge is 2.11. The second-order valence-corrected chi connectivity index (χ2v) is 7.51. The van der Waals surface area contributed by atoms with Crippen molar-refractivity contribution >= 4 is 29.0 Å². The molecule has 0 aliphatic heterocycles. The molecule has 5 heteroatoms. The first-order chi connectivity index (χ1) is 16.1. The Balaban J connectivity index is 0.00000216. The van der Waals surface area contributed by atoms with Crippen molar-refractivity contribution in [2.45, 2.75) is 6.42 Å². The number of para-hydroxylation sites is 2. The fraction of sp³-hybridized carbons (Fsp3) is 0.0357. The Morgan fingerprint density at radius 2 is 0.909 bits per heavy atom. The van der Waals surface area contributed by atoms with Gasteiger partial charge in [0.15, 0.2) is 5.78 Å². The van der Waals surface area contributed by atoms with Crippen LogP contribution in [0.4, 0.5) is 11.4 Å². The van der Waals surface area contributed by atoms with Crippen molar-refractivity contribution in [2.24, 2.45) is 0 Å². The predicted octanol–water partition coefficient (Wildman–Crippen LogP) is 6.11. The molecule has 0 aliphatic rings. The van der Waals surface area contributed by atoms with Gasteiger partial charge in [0, 0.05) is 37.3 Å². The first kappa shape index (κ1) is 21.7. The van der Waals surface area contributed by atoms with Crippen molar-refractivity contribution < 1.29 is 17.2 Å². The lowest BCUT2D eigenvalue weighted by Crippen LogP contribution is -2.12. The summed E-state index contributed by atoms with van der Waals surface area (Å²) in [6.45, 7) is 0. The highest BCUT2D eigenvalue weighted by Crippen LogP contribution is 2.14. The quantitative estimate of drug-likeness (QED) is 0.342. The topological polar surface area (TPSA) is 75.3 Å². The summed E-state index contributed by atoms with van der Waals surface area (Å²) < 4.78 is 0. The number of Topliss-reactive ketones (excluding diaryl/α,β-unsaturated/α-hetero) is 1. The molecule has 2 amide bonds. The molecule has 0 bridgehead atoms. The standard InChI is InChI=1S/C28H22N2O3.2H2/c31-26(21-15-17-23(18-16-21)28(33)30-25-9-5-2-6-10-25)19-20-11-13-22(14-12-20)27(32)29-24-7-3-1-4-8-24;;/h1-18H,19H2,(H,29,32)(H,30,33);2*1H. The van der Waals surface area contributed by atoms with Gasteiger partial charge in [-0.3, -0.25) is 14.4 Å². The fourth-order valence-electron chi connectivity index (χ4n) is 3.32. The van der Waals surface area contributed by atoms with E-state index < -0.39 is 0 Å². The smallest absolute Gasteiger partial charge is 0.255 e. The molecular formula is C28H26N2O3. The van der Waals surface area contributed by atoms with Crippen LogP contribution in [0.25, 0.3) is 0 Å². The van der Waals surface area contributed by atoms with Crippen molar-refractivity contribution in [1.29, 1.82) is 0 Å². The Morgan fingerprint density at radius 1 is 0.515 bits per heavy atom. The minimum Gasteiger partial charge on any atom is -0.322 e. The number of nitrogens with one attached hydrogen (secondary N) is 2. The largest absolute Gasteiger partial charge is 0.322 e. The van der Waals surface area contributed by atoms with Gasteiger partial charge in [0.2, 0.25) is 0 Å².